The number of carbonyl (C=O) groups is 1. The Balaban J connectivity index is 1.38. The minimum absolute atomic E-state index is 0.0864. The van der Waals surface area contributed by atoms with Gasteiger partial charge in [-0.3, -0.25) is 4.79 Å². The molecular formula is C27H29NO3. The summed E-state index contributed by atoms with van der Waals surface area (Å²) in [5.74, 6) is 2.75. The van der Waals surface area contributed by atoms with Crippen LogP contribution in [0, 0.1) is 28.6 Å². The van der Waals surface area contributed by atoms with Crippen molar-refractivity contribution in [1.82, 2.24) is 4.98 Å². The predicted molar refractivity (Wildman–Crippen MR) is 120 cm³/mol. The molecule has 31 heavy (non-hydrogen) atoms. The standard InChI is InChI=1S/C27H29NO3/c1-26-13-11-16(24-28-22-6-4-3-5-19(22)25(30)31-24)15-17(26)7-8-18-20-9-10-23(29)27(20,2)14-12-21(18)26/h3-7,15,18,20-21H,8-14H2,1-2H3/t18-,20-,21-,26-,27-/m0/s1. The molecule has 0 unspecified atom stereocenters. The lowest BCUT2D eigenvalue weighted by molar-refractivity contribution is -0.131. The molecule has 1 heterocycles. The maximum atomic E-state index is 12.6. The van der Waals surface area contributed by atoms with Gasteiger partial charge in [0.15, 0.2) is 0 Å². The summed E-state index contributed by atoms with van der Waals surface area (Å²) in [5.41, 5.74) is 2.83. The van der Waals surface area contributed by atoms with Gasteiger partial charge in [0.05, 0.1) is 10.9 Å². The molecule has 160 valence electrons. The number of Topliss-reactive ketones (excluding diaryl/α,β-unsaturated/α-hetero) is 1. The normalized spacial score (nSPS) is 37.0. The Morgan fingerprint density at radius 3 is 2.68 bits per heavy atom. The van der Waals surface area contributed by atoms with E-state index in [1.165, 1.54) is 5.57 Å². The first-order valence-corrected chi connectivity index (χ1v) is 11.7. The van der Waals surface area contributed by atoms with E-state index in [-0.39, 0.29) is 16.5 Å². The van der Waals surface area contributed by atoms with Gasteiger partial charge in [-0.2, -0.15) is 0 Å². The number of hydrogen-bond donors (Lipinski definition) is 0. The predicted octanol–water partition coefficient (Wildman–Crippen LogP) is 5.71. The van der Waals surface area contributed by atoms with Crippen molar-refractivity contribution in [2.75, 3.05) is 0 Å². The maximum absolute atomic E-state index is 12.6. The monoisotopic (exact) mass is 415 g/mol. The molecule has 2 aromatic rings. The highest BCUT2D eigenvalue weighted by molar-refractivity contribution is 5.87. The van der Waals surface area contributed by atoms with Crippen LogP contribution < -0.4 is 5.63 Å². The number of carbonyl (C=O) groups excluding carboxylic acids is 1. The molecular weight excluding hydrogens is 386 g/mol. The highest BCUT2D eigenvalue weighted by atomic mass is 16.4. The Bertz CT molecular complexity index is 1220. The summed E-state index contributed by atoms with van der Waals surface area (Å²) >= 11 is 0. The van der Waals surface area contributed by atoms with Crippen molar-refractivity contribution in [3.05, 3.63) is 58.3 Å². The number of rotatable bonds is 1. The fourth-order valence-electron chi connectivity index (χ4n) is 7.42. The van der Waals surface area contributed by atoms with Crippen LogP contribution in [0.4, 0.5) is 0 Å². The van der Waals surface area contributed by atoms with Crippen molar-refractivity contribution in [2.45, 2.75) is 58.8 Å². The summed E-state index contributed by atoms with van der Waals surface area (Å²) in [6, 6.07) is 7.37. The van der Waals surface area contributed by atoms with Crippen LogP contribution in [0.1, 0.15) is 64.7 Å². The number of fused-ring (bicyclic) bond motifs is 6. The molecule has 2 fully saturated rings. The van der Waals surface area contributed by atoms with E-state index in [1.807, 2.05) is 18.2 Å². The van der Waals surface area contributed by atoms with Gasteiger partial charge in [0.25, 0.3) is 0 Å². The molecule has 4 aliphatic carbocycles. The van der Waals surface area contributed by atoms with Crippen molar-refractivity contribution in [3.8, 4) is 0 Å². The molecule has 2 saturated carbocycles. The third kappa shape index (κ3) is 2.63. The zero-order valence-electron chi connectivity index (χ0n) is 18.3. The van der Waals surface area contributed by atoms with Crippen molar-refractivity contribution in [2.24, 2.45) is 28.6 Å². The van der Waals surface area contributed by atoms with Gasteiger partial charge < -0.3 is 4.42 Å². The number of allylic oxidation sites excluding steroid dienone is 4. The fraction of sp³-hybridized carbons (Fsp3) is 0.519. The Morgan fingerprint density at radius 2 is 1.81 bits per heavy atom. The largest absolute Gasteiger partial charge is 0.403 e. The molecule has 0 saturated heterocycles. The average Bonchev–Trinajstić information content (AvgIpc) is 3.08. The maximum Gasteiger partial charge on any atom is 0.347 e. The Labute approximate surface area is 182 Å². The van der Waals surface area contributed by atoms with Gasteiger partial charge >= 0.3 is 5.63 Å². The minimum Gasteiger partial charge on any atom is -0.403 e. The van der Waals surface area contributed by atoms with Gasteiger partial charge in [0.1, 0.15) is 5.78 Å². The first-order valence-electron chi connectivity index (χ1n) is 11.7. The van der Waals surface area contributed by atoms with Crippen LogP contribution in [0.2, 0.25) is 0 Å². The number of para-hydroxylation sites is 1. The number of hydrogen-bond acceptors (Lipinski definition) is 4. The molecule has 6 rings (SSSR count). The summed E-state index contributed by atoms with van der Waals surface area (Å²) < 4.78 is 5.63. The molecule has 5 atom stereocenters. The second-order valence-corrected chi connectivity index (χ2v) is 10.6. The zero-order valence-corrected chi connectivity index (χ0v) is 18.3. The third-order valence-corrected chi connectivity index (χ3v) is 9.29. The molecule has 0 aliphatic heterocycles. The molecule has 1 aromatic carbocycles. The van der Waals surface area contributed by atoms with E-state index in [9.17, 15) is 9.59 Å². The highest BCUT2D eigenvalue weighted by Crippen LogP contribution is 2.63. The molecule has 0 spiro atoms. The van der Waals surface area contributed by atoms with Gasteiger partial charge in [-0.15, -0.1) is 0 Å². The molecule has 4 nitrogen and oxygen atoms in total. The van der Waals surface area contributed by atoms with E-state index in [0.717, 1.165) is 50.5 Å². The van der Waals surface area contributed by atoms with Crippen molar-refractivity contribution in [3.63, 3.8) is 0 Å². The van der Waals surface area contributed by atoms with Crippen LogP contribution >= 0.6 is 0 Å². The van der Waals surface area contributed by atoms with Crippen molar-refractivity contribution in [1.29, 1.82) is 0 Å². The average molecular weight is 416 g/mol. The Kier molecular flexibility index (Phi) is 4.03. The molecule has 4 heteroatoms. The lowest BCUT2D eigenvalue weighted by atomic mass is 9.48. The Morgan fingerprint density at radius 1 is 1.00 bits per heavy atom. The van der Waals surface area contributed by atoms with Gasteiger partial charge in [0, 0.05) is 17.4 Å². The number of benzene rings is 1. The first kappa shape index (κ1) is 19.2. The number of nitrogens with zero attached hydrogens (tertiary/aromatic N) is 1. The van der Waals surface area contributed by atoms with E-state index in [2.05, 4.69) is 31.0 Å². The SMILES string of the molecule is C[C@]12CCC(c3nc4ccccc4c(=O)o3)=CC1=CC[C@@H]1[C@@H]2CC[C@]2(C)C(=O)CC[C@@H]12. The quantitative estimate of drug-likeness (QED) is 0.598. The Hall–Kier alpha value is -2.49. The molecule has 4 aliphatic rings. The van der Waals surface area contributed by atoms with Gasteiger partial charge in [0.2, 0.25) is 5.89 Å². The van der Waals surface area contributed by atoms with Crippen LogP contribution in [0.5, 0.6) is 0 Å². The fourth-order valence-corrected chi connectivity index (χ4v) is 7.42. The first-order chi connectivity index (χ1) is 14.9. The van der Waals surface area contributed by atoms with E-state index in [1.54, 1.807) is 6.07 Å². The molecule has 0 bridgehead atoms. The zero-order chi connectivity index (χ0) is 21.4. The second-order valence-electron chi connectivity index (χ2n) is 10.6. The lowest BCUT2D eigenvalue weighted by Gasteiger charge is -2.55. The molecule has 0 N–H and O–H groups in total. The number of ketones is 1. The summed E-state index contributed by atoms with van der Waals surface area (Å²) in [5, 5.41) is 0.531. The van der Waals surface area contributed by atoms with E-state index in [4.69, 9.17) is 4.42 Å². The minimum atomic E-state index is -0.315. The van der Waals surface area contributed by atoms with Crippen LogP contribution in [-0.4, -0.2) is 10.8 Å². The van der Waals surface area contributed by atoms with Crippen LogP contribution in [0.3, 0.4) is 0 Å². The second kappa shape index (κ2) is 6.51. The van der Waals surface area contributed by atoms with Crippen molar-refractivity contribution < 1.29 is 9.21 Å². The van der Waals surface area contributed by atoms with Crippen LogP contribution in [0.15, 0.2) is 51.2 Å². The topological polar surface area (TPSA) is 60.2 Å². The van der Waals surface area contributed by atoms with E-state index < -0.39 is 0 Å². The van der Waals surface area contributed by atoms with Crippen molar-refractivity contribution >= 4 is 22.3 Å². The van der Waals surface area contributed by atoms with Crippen LogP contribution in [0.25, 0.3) is 16.5 Å². The summed E-state index contributed by atoms with van der Waals surface area (Å²) in [4.78, 5) is 29.7. The molecule has 1 aromatic heterocycles. The summed E-state index contributed by atoms with van der Waals surface area (Å²) in [6.07, 6.45) is 11.6. The highest BCUT2D eigenvalue weighted by Gasteiger charge is 2.58. The van der Waals surface area contributed by atoms with Crippen LogP contribution in [-0.2, 0) is 4.79 Å². The molecule has 0 amide bonds. The smallest absolute Gasteiger partial charge is 0.347 e. The summed E-state index contributed by atoms with van der Waals surface area (Å²) in [7, 11) is 0. The third-order valence-electron chi connectivity index (χ3n) is 9.29. The summed E-state index contributed by atoms with van der Waals surface area (Å²) in [6.45, 7) is 4.66. The number of aromatic nitrogens is 1. The van der Waals surface area contributed by atoms with E-state index in [0.29, 0.717) is 40.3 Å². The van der Waals surface area contributed by atoms with Gasteiger partial charge in [-0.1, -0.05) is 38.1 Å². The van der Waals surface area contributed by atoms with Gasteiger partial charge in [-0.25, -0.2) is 9.78 Å². The molecule has 0 radical (unpaired) electrons. The lowest BCUT2D eigenvalue weighted by Crippen LogP contribution is -2.49. The van der Waals surface area contributed by atoms with E-state index >= 15 is 0 Å². The van der Waals surface area contributed by atoms with Gasteiger partial charge in [-0.05, 0) is 79.4 Å².